The third-order valence-electron chi connectivity index (χ3n) is 4.29. The van der Waals surface area contributed by atoms with Crippen LogP contribution in [-0.2, 0) is 9.53 Å². The topological polar surface area (TPSA) is 65.4 Å². The zero-order chi connectivity index (χ0) is 16.8. The van der Waals surface area contributed by atoms with Gasteiger partial charge >= 0.3 is 0 Å². The van der Waals surface area contributed by atoms with E-state index in [4.69, 9.17) is 4.74 Å². The SMILES string of the molecule is N#C[C@]1(NC(=O)/C=C\c2ccc(N3CCOCC3)cc2)CCSC1. The highest BCUT2D eigenvalue weighted by Gasteiger charge is 2.35. The van der Waals surface area contributed by atoms with Gasteiger partial charge in [-0.25, -0.2) is 0 Å². The molecule has 1 amide bonds. The minimum atomic E-state index is -0.702. The lowest BCUT2D eigenvalue weighted by Crippen LogP contribution is -2.46. The molecule has 0 radical (unpaired) electrons. The summed E-state index contributed by atoms with van der Waals surface area (Å²) in [6.45, 7) is 3.35. The van der Waals surface area contributed by atoms with Crippen LogP contribution in [0, 0.1) is 11.3 Å². The van der Waals surface area contributed by atoms with Crippen molar-refractivity contribution < 1.29 is 9.53 Å². The highest BCUT2D eigenvalue weighted by Crippen LogP contribution is 2.27. The zero-order valence-electron chi connectivity index (χ0n) is 13.5. The largest absolute Gasteiger partial charge is 0.378 e. The smallest absolute Gasteiger partial charge is 0.245 e. The molecule has 2 heterocycles. The fraction of sp³-hybridized carbons (Fsp3) is 0.444. The third-order valence-corrected chi connectivity index (χ3v) is 5.48. The number of nitriles is 1. The molecule has 126 valence electrons. The Hall–Kier alpha value is -1.97. The molecular weight excluding hydrogens is 322 g/mol. The van der Waals surface area contributed by atoms with Gasteiger partial charge in [-0.1, -0.05) is 12.1 Å². The molecule has 6 heteroatoms. The van der Waals surface area contributed by atoms with E-state index in [0.717, 1.165) is 37.6 Å². The Balaban J connectivity index is 1.58. The standard InChI is InChI=1S/C18H21N3O2S/c19-13-18(7-12-24-14-18)20-17(22)6-3-15-1-4-16(5-2-15)21-8-10-23-11-9-21/h1-6H,7-12,14H2,(H,20,22)/b6-3-/t18-/m1/s1. The number of morpholine rings is 1. The number of amides is 1. The van der Waals surface area contributed by atoms with Gasteiger partial charge in [0.15, 0.2) is 0 Å². The first-order valence-corrected chi connectivity index (χ1v) is 9.28. The molecule has 0 unspecified atom stereocenters. The molecule has 2 aliphatic rings. The van der Waals surface area contributed by atoms with Crippen LogP contribution in [0.25, 0.3) is 6.08 Å². The third kappa shape index (κ3) is 4.11. The molecule has 0 aliphatic carbocycles. The number of hydrogen-bond donors (Lipinski definition) is 1. The molecule has 0 bridgehead atoms. The van der Waals surface area contributed by atoms with Gasteiger partial charge < -0.3 is 15.0 Å². The highest BCUT2D eigenvalue weighted by molar-refractivity contribution is 7.99. The fourth-order valence-electron chi connectivity index (χ4n) is 2.85. The molecule has 24 heavy (non-hydrogen) atoms. The number of carbonyl (C=O) groups is 1. The van der Waals surface area contributed by atoms with Crippen LogP contribution < -0.4 is 10.2 Å². The molecule has 2 saturated heterocycles. The number of thioether (sulfide) groups is 1. The molecule has 1 aromatic rings. The van der Waals surface area contributed by atoms with Gasteiger partial charge in [-0.15, -0.1) is 0 Å². The van der Waals surface area contributed by atoms with Gasteiger partial charge in [0.05, 0.1) is 19.3 Å². The average Bonchev–Trinajstić information content (AvgIpc) is 3.10. The van der Waals surface area contributed by atoms with Crippen molar-refractivity contribution in [3.63, 3.8) is 0 Å². The first-order valence-electron chi connectivity index (χ1n) is 8.13. The predicted octanol–water partition coefficient (Wildman–Crippen LogP) is 2.05. The Kier molecular flexibility index (Phi) is 5.44. The molecule has 2 fully saturated rings. The van der Waals surface area contributed by atoms with Crippen LogP contribution in [0.1, 0.15) is 12.0 Å². The normalized spacial score (nSPS) is 24.0. The van der Waals surface area contributed by atoms with Crippen molar-refractivity contribution in [2.24, 2.45) is 0 Å². The van der Waals surface area contributed by atoms with Gasteiger partial charge in [0.25, 0.3) is 0 Å². The van der Waals surface area contributed by atoms with Crippen molar-refractivity contribution in [2.75, 3.05) is 42.7 Å². The van der Waals surface area contributed by atoms with Gasteiger partial charge in [0.1, 0.15) is 5.54 Å². The number of hydrogen-bond acceptors (Lipinski definition) is 5. The van der Waals surface area contributed by atoms with E-state index >= 15 is 0 Å². The number of ether oxygens (including phenoxy) is 1. The summed E-state index contributed by atoms with van der Waals surface area (Å²) < 4.78 is 5.36. The molecule has 1 aromatic carbocycles. The second-order valence-corrected chi connectivity index (χ2v) is 7.12. The Morgan fingerprint density at radius 1 is 1.33 bits per heavy atom. The van der Waals surface area contributed by atoms with E-state index in [-0.39, 0.29) is 5.91 Å². The second kappa shape index (κ2) is 7.73. The summed E-state index contributed by atoms with van der Waals surface area (Å²) in [6.07, 6.45) is 4.00. The van der Waals surface area contributed by atoms with Crippen molar-refractivity contribution in [2.45, 2.75) is 12.0 Å². The molecular formula is C18H21N3O2S. The van der Waals surface area contributed by atoms with E-state index in [1.54, 1.807) is 17.8 Å². The summed E-state index contributed by atoms with van der Waals surface area (Å²) in [5, 5.41) is 12.1. The van der Waals surface area contributed by atoms with Crippen LogP contribution in [0.4, 0.5) is 5.69 Å². The van der Waals surface area contributed by atoms with Crippen molar-refractivity contribution in [3.8, 4) is 6.07 Å². The predicted molar refractivity (Wildman–Crippen MR) is 96.9 cm³/mol. The van der Waals surface area contributed by atoms with Crippen LogP contribution in [0.15, 0.2) is 30.3 Å². The van der Waals surface area contributed by atoms with Gasteiger partial charge in [-0.3, -0.25) is 4.79 Å². The van der Waals surface area contributed by atoms with Gasteiger partial charge in [-0.2, -0.15) is 17.0 Å². The van der Waals surface area contributed by atoms with Crippen LogP contribution in [0.3, 0.4) is 0 Å². The lowest BCUT2D eigenvalue weighted by Gasteiger charge is -2.28. The summed E-state index contributed by atoms with van der Waals surface area (Å²) in [7, 11) is 0. The zero-order valence-corrected chi connectivity index (χ0v) is 14.3. The molecule has 0 saturated carbocycles. The van der Waals surface area contributed by atoms with E-state index < -0.39 is 5.54 Å². The van der Waals surface area contributed by atoms with E-state index in [1.807, 2.05) is 12.1 Å². The van der Waals surface area contributed by atoms with Gasteiger partial charge in [0, 0.05) is 30.6 Å². The van der Waals surface area contributed by atoms with Gasteiger partial charge in [-0.05, 0) is 35.9 Å². The molecule has 1 atom stereocenters. The van der Waals surface area contributed by atoms with Crippen molar-refractivity contribution >= 4 is 29.4 Å². The van der Waals surface area contributed by atoms with Crippen LogP contribution in [-0.4, -0.2) is 49.3 Å². The Morgan fingerprint density at radius 2 is 2.08 bits per heavy atom. The maximum Gasteiger partial charge on any atom is 0.245 e. The number of carbonyl (C=O) groups excluding carboxylic acids is 1. The summed E-state index contributed by atoms with van der Waals surface area (Å²) in [5.74, 6) is 1.37. The lowest BCUT2D eigenvalue weighted by molar-refractivity contribution is -0.117. The minimum absolute atomic E-state index is 0.212. The summed E-state index contributed by atoms with van der Waals surface area (Å²) in [4.78, 5) is 14.4. The van der Waals surface area contributed by atoms with E-state index in [0.29, 0.717) is 12.2 Å². The lowest BCUT2D eigenvalue weighted by atomic mass is 10.0. The number of benzene rings is 1. The number of rotatable bonds is 4. The Morgan fingerprint density at radius 3 is 2.71 bits per heavy atom. The molecule has 2 aliphatic heterocycles. The maximum atomic E-state index is 12.1. The molecule has 0 spiro atoms. The Bertz CT molecular complexity index is 639. The van der Waals surface area contributed by atoms with E-state index in [2.05, 4.69) is 28.4 Å². The average molecular weight is 343 g/mol. The summed E-state index contributed by atoms with van der Waals surface area (Å²) in [6, 6.07) is 10.4. The number of anilines is 1. The van der Waals surface area contributed by atoms with E-state index in [9.17, 15) is 10.1 Å². The first kappa shape index (κ1) is 16.9. The maximum absolute atomic E-state index is 12.1. The van der Waals surface area contributed by atoms with E-state index in [1.165, 1.54) is 11.8 Å². The highest BCUT2D eigenvalue weighted by atomic mass is 32.2. The van der Waals surface area contributed by atoms with Crippen molar-refractivity contribution in [1.29, 1.82) is 5.26 Å². The number of nitrogens with one attached hydrogen (secondary N) is 1. The molecule has 5 nitrogen and oxygen atoms in total. The number of nitrogens with zero attached hydrogens (tertiary/aromatic N) is 2. The molecule has 0 aromatic heterocycles. The molecule has 1 N–H and O–H groups in total. The van der Waals surface area contributed by atoms with Crippen molar-refractivity contribution in [1.82, 2.24) is 5.32 Å². The summed E-state index contributed by atoms with van der Waals surface area (Å²) >= 11 is 1.70. The van der Waals surface area contributed by atoms with Crippen LogP contribution in [0.5, 0.6) is 0 Å². The minimum Gasteiger partial charge on any atom is -0.378 e. The summed E-state index contributed by atoms with van der Waals surface area (Å²) in [5.41, 5.74) is 1.44. The first-order chi connectivity index (χ1) is 11.7. The van der Waals surface area contributed by atoms with Crippen LogP contribution >= 0.6 is 11.8 Å². The van der Waals surface area contributed by atoms with Crippen molar-refractivity contribution in [3.05, 3.63) is 35.9 Å². The van der Waals surface area contributed by atoms with Crippen LogP contribution in [0.2, 0.25) is 0 Å². The monoisotopic (exact) mass is 343 g/mol. The Labute approximate surface area is 146 Å². The second-order valence-electron chi connectivity index (χ2n) is 6.01. The van der Waals surface area contributed by atoms with Gasteiger partial charge in [0.2, 0.25) is 5.91 Å². The quantitative estimate of drug-likeness (QED) is 0.848. The molecule has 3 rings (SSSR count). The fourth-order valence-corrected chi connectivity index (χ4v) is 4.11.